The fourth-order valence-electron chi connectivity index (χ4n) is 1.96. The van der Waals surface area contributed by atoms with Crippen molar-refractivity contribution in [1.29, 1.82) is 0 Å². The zero-order chi connectivity index (χ0) is 15.2. The number of benzene rings is 2. The zero-order valence-electron chi connectivity index (χ0n) is 11.5. The monoisotopic (exact) mass is 323 g/mol. The van der Waals surface area contributed by atoms with Gasteiger partial charge in [0.25, 0.3) is 0 Å². The number of hydrogen-bond donors (Lipinski definition) is 1. The molecule has 21 heavy (non-hydrogen) atoms. The number of ether oxygens (including phenoxy) is 1. The van der Waals surface area contributed by atoms with E-state index in [-0.39, 0.29) is 0 Å². The Hall–Kier alpha value is -1.71. The van der Waals surface area contributed by atoms with Crippen LogP contribution in [0.5, 0.6) is 5.75 Å². The van der Waals surface area contributed by atoms with E-state index in [0.717, 1.165) is 11.1 Å². The lowest BCUT2D eigenvalue weighted by atomic mass is 10.1. The lowest BCUT2D eigenvalue weighted by molar-refractivity contribution is 0.303. The molecule has 2 aromatic carbocycles. The highest BCUT2D eigenvalue weighted by atomic mass is 35.5. The van der Waals surface area contributed by atoms with Crippen molar-refractivity contribution in [3.63, 3.8) is 0 Å². The largest absolute Gasteiger partial charge is 0.488 e. The van der Waals surface area contributed by atoms with Gasteiger partial charge in [0.15, 0.2) is 0 Å². The first-order chi connectivity index (χ1) is 10.2. The standard InChI is InChI=1S/C16H15Cl2NO2/c1-2-14(19-20)12-7-3-4-9-15(12)21-10-11-6-5-8-13(17)16(11)18/h3-9,20H,2,10H2,1H3/b19-14-. The average molecular weight is 324 g/mol. The summed E-state index contributed by atoms with van der Waals surface area (Å²) in [5, 5.41) is 13.4. The summed E-state index contributed by atoms with van der Waals surface area (Å²) in [6.45, 7) is 2.21. The first-order valence-corrected chi connectivity index (χ1v) is 7.29. The van der Waals surface area contributed by atoms with E-state index in [1.807, 2.05) is 43.3 Å². The summed E-state index contributed by atoms with van der Waals surface area (Å²) in [5.41, 5.74) is 2.14. The minimum atomic E-state index is 0.291. The van der Waals surface area contributed by atoms with Gasteiger partial charge in [-0.05, 0) is 24.6 Å². The lowest BCUT2D eigenvalue weighted by Crippen LogP contribution is -2.04. The van der Waals surface area contributed by atoms with Crippen molar-refractivity contribution >= 4 is 28.9 Å². The number of oxime groups is 1. The number of rotatable bonds is 5. The van der Waals surface area contributed by atoms with Crippen LogP contribution in [0.2, 0.25) is 10.0 Å². The van der Waals surface area contributed by atoms with Gasteiger partial charge in [-0.3, -0.25) is 0 Å². The van der Waals surface area contributed by atoms with E-state index in [0.29, 0.717) is 34.5 Å². The molecule has 0 radical (unpaired) electrons. The molecule has 5 heteroatoms. The summed E-state index contributed by atoms with van der Waals surface area (Å²) in [6.07, 6.45) is 0.606. The molecule has 0 aliphatic heterocycles. The van der Waals surface area contributed by atoms with Crippen molar-refractivity contribution in [3.05, 3.63) is 63.6 Å². The second kappa shape index (κ2) is 7.34. The molecule has 0 atom stereocenters. The first-order valence-electron chi connectivity index (χ1n) is 6.53. The molecule has 0 unspecified atom stereocenters. The molecular weight excluding hydrogens is 309 g/mol. The smallest absolute Gasteiger partial charge is 0.128 e. The summed E-state index contributed by atoms with van der Waals surface area (Å²) in [4.78, 5) is 0. The summed E-state index contributed by atoms with van der Waals surface area (Å²) in [6, 6.07) is 12.8. The van der Waals surface area contributed by atoms with Gasteiger partial charge in [-0.2, -0.15) is 0 Å². The van der Waals surface area contributed by atoms with Crippen LogP contribution in [0.3, 0.4) is 0 Å². The molecule has 0 saturated carbocycles. The molecule has 0 saturated heterocycles. The number of nitrogens with zero attached hydrogens (tertiary/aromatic N) is 1. The van der Waals surface area contributed by atoms with E-state index in [2.05, 4.69) is 5.16 Å². The van der Waals surface area contributed by atoms with Gasteiger partial charge in [-0.25, -0.2) is 0 Å². The molecule has 0 aliphatic rings. The Labute approximate surface area is 133 Å². The van der Waals surface area contributed by atoms with Crippen molar-refractivity contribution in [2.45, 2.75) is 20.0 Å². The number of halogens is 2. The minimum absolute atomic E-state index is 0.291. The Balaban J connectivity index is 2.23. The van der Waals surface area contributed by atoms with Crippen molar-refractivity contribution in [3.8, 4) is 5.75 Å². The third kappa shape index (κ3) is 3.69. The van der Waals surface area contributed by atoms with E-state index in [4.69, 9.17) is 33.1 Å². The van der Waals surface area contributed by atoms with Crippen LogP contribution in [0.15, 0.2) is 47.6 Å². The molecule has 0 bridgehead atoms. The van der Waals surface area contributed by atoms with Crippen molar-refractivity contribution in [2.75, 3.05) is 0 Å². The van der Waals surface area contributed by atoms with Gasteiger partial charge in [0.1, 0.15) is 12.4 Å². The minimum Gasteiger partial charge on any atom is -0.488 e. The Bertz CT molecular complexity index is 656. The van der Waals surface area contributed by atoms with Crippen LogP contribution in [0.25, 0.3) is 0 Å². The predicted molar refractivity (Wildman–Crippen MR) is 85.9 cm³/mol. The van der Waals surface area contributed by atoms with E-state index in [1.165, 1.54) is 0 Å². The summed E-state index contributed by atoms with van der Waals surface area (Å²) >= 11 is 12.1. The fourth-order valence-corrected chi connectivity index (χ4v) is 2.34. The predicted octanol–water partition coefficient (Wildman–Crippen LogP) is 5.16. The molecule has 0 fully saturated rings. The molecule has 2 aromatic rings. The van der Waals surface area contributed by atoms with Crippen LogP contribution in [0.1, 0.15) is 24.5 Å². The van der Waals surface area contributed by atoms with Crippen molar-refractivity contribution < 1.29 is 9.94 Å². The Morgan fingerprint density at radius 2 is 1.90 bits per heavy atom. The Kier molecular flexibility index (Phi) is 5.48. The van der Waals surface area contributed by atoms with E-state index in [9.17, 15) is 0 Å². The molecule has 1 N–H and O–H groups in total. The molecule has 0 aliphatic carbocycles. The second-order valence-electron chi connectivity index (χ2n) is 4.40. The maximum atomic E-state index is 9.06. The molecule has 3 nitrogen and oxygen atoms in total. The van der Waals surface area contributed by atoms with Crippen molar-refractivity contribution in [1.82, 2.24) is 0 Å². The Morgan fingerprint density at radius 3 is 2.62 bits per heavy atom. The lowest BCUT2D eigenvalue weighted by Gasteiger charge is -2.12. The fraction of sp³-hybridized carbons (Fsp3) is 0.188. The SMILES string of the molecule is CC/C(=N/O)c1ccccc1OCc1cccc(Cl)c1Cl. The van der Waals surface area contributed by atoms with Crippen LogP contribution in [-0.2, 0) is 6.61 Å². The zero-order valence-corrected chi connectivity index (χ0v) is 13.0. The van der Waals surface area contributed by atoms with E-state index in [1.54, 1.807) is 6.07 Å². The average Bonchev–Trinajstić information content (AvgIpc) is 2.51. The van der Waals surface area contributed by atoms with E-state index >= 15 is 0 Å². The highest BCUT2D eigenvalue weighted by molar-refractivity contribution is 6.42. The molecule has 0 amide bonds. The van der Waals surface area contributed by atoms with Gasteiger partial charge in [0.2, 0.25) is 0 Å². The first kappa shape index (κ1) is 15.7. The Morgan fingerprint density at radius 1 is 1.14 bits per heavy atom. The topological polar surface area (TPSA) is 41.8 Å². The molecule has 2 rings (SSSR count). The van der Waals surface area contributed by atoms with Crippen LogP contribution in [0.4, 0.5) is 0 Å². The van der Waals surface area contributed by atoms with Crippen LogP contribution < -0.4 is 4.74 Å². The molecular formula is C16H15Cl2NO2. The summed E-state index contributed by atoms with van der Waals surface area (Å²) in [5.74, 6) is 0.642. The molecule has 110 valence electrons. The van der Waals surface area contributed by atoms with Gasteiger partial charge in [0.05, 0.1) is 15.8 Å². The highest BCUT2D eigenvalue weighted by Crippen LogP contribution is 2.27. The van der Waals surface area contributed by atoms with Gasteiger partial charge >= 0.3 is 0 Å². The molecule has 0 aromatic heterocycles. The normalized spacial score (nSPS) is 11.5. The summed E-state index contributed by atoms with van der Waals surface area (Å²) < 4.78 is 5.81. The maximum absolute atomic E-state index is 9.06. The molecule has 0 spiro atoms. The highest BCUT2D eigenvalue weighted by Gasteiger charge is 2.11. The second-order valence-corrected chi connectivity index (χ2v) is 5.18. The third-order valence-electron chi connectivity index (χ3n) is 3.07. The van der Waals surface area contributed by atoms with Gasteiger partial charge in [0, 0.05) is 11.1 Å². The quantitative estimate of drug-likeness (QED) is 0.469. The van der Waals surface area contributed by atoms with Crippen LogP contribution >= 0.6 is 23.2 Å². The van der Waals surface area contributed by atoms with Crippen LogP contribution in [-0.4, -0.2) is 10.9 Å². The van der Waals surface area contributed by atoms with Gasteiger partial charge in [-0.1, -0.05) is 59.5 Å². The molecule has 0 heterocycles. The number of para-hydroxylation sites is 1. The number of hydrogen-bond acceptors (Lipinski definition) is 3. The van der Waals surface area contributed by atoms with Crippen molar-refractivity contribution in [2.24, 2.45) is 5.16 Å². The van der Waals surface area contributed by atoms with Crippen LogP contribution in [0, 0.1) is 0 Å². The van der Waals surface area contributed by atoms with Gasteiger partial charge < -0.3 is 9.94 Å². The summed E-state index contributed by atoms with van der Waals surface area (Å²) in [7, 11) is 0. The maximum Gasteiger partial charge on any atom is 0.128 e. The third-order valence-corrected chi connectivity index (χ3v) is 3.93. The van der Waals surface area contributed by atoms with E-state index < -0.39 is 0 Å². The van der Waals surface area contributed by atoms with Gasteiger partial charge in [-0.15, -0.1) is 0 Å².